The van der Waals surface area contributed by atoms with E-state index in [4.69, 9.17) is 4.84 Å². The van der Waals surface area contributed by atoms with Gasteiger partial charge in [-0.15, -0.1) is 0 Å². The van der Waals surface area contributed by atoms with Crippen LogP contribution in [0.15, 0.2) is 30.5 Å². The molecule has 1 aromatic carbocycles. The topological polar surface area (TPSA) is 54.1 Å². The highest BCUT2D eigenvalue weighted by Gasteiger charge is 2.18. The Hall–Kier alpha value is -1.81. The quantitative estimate of drug-likeness (QED) is 0.816. The normalized spacial score (nSPS) is 16.2. The maximum Gasteiger partial charge on any atom is 0.276 e. The number of aromatic nitrogens is 1. The third-order valence-electron chi connectivity index (χ3n) is 3.45. The molecule has 0 unspecified atom stereocenters. The second kappa shape index (κ2) is 4.82. The smallest absolute Gasteiger partial charge is 0.276 e. The molecule has 1 amide bonds. The molecule has 0 radical (unpaired) electrons. The molecule has 94 valence electrons. The number of nitrogens with one attached hydrogen (secondary N) is 2. The molecular formula is C14H16N2O2. The van der Waals surface area contributed by atoms with Gasteiger partial charge in [-0.3, -0.25) is 9.63 Å². The Balaban J connectivity index is 1.73. The largest absolute Gasteiger partial charge is 0.361 e. The summed E-state index contributed by atoms with van der Waals surface area (Å²) in [6.45, 7) is 0. The van der Waals surface area contributed by atoms with Gasteiger partial charge in [0.1, 0.15) is 0 Å². The fraction of sp³-hybridized carbons (Fsp3) is 0.357. The lowest BCUT2D eigenvalue weighted by Crippen LogP contribution is -2.28. The first-order valence-electron chi connectivity index (χ1n) is 6.37. The lowest BCUT2D eigenvalue weighted by molar-refractivity contribution is -0.0124. The summed E-state index contributed by atoms with van der Waals surface area (Å²) in [4.78, 5) is 20.6. The molecule has 1 aromatic heterocycles. The number of benzene rings is 1. The van der Waals surface area contributed by atoms with Gasteiger partial charge in [-0.05, 0) is 25.0 Å². The molecule has 4 heteroatoms. The van der Waals surface area contributed by atoms with Gasteiger partial charge in [-0.25, -0.2) is 5.48 Å². The van der Waals surface area contributed by atoms with Crippen LogP contribution in [0.5, 0.6) is 0 Å². The number of carbonyl (C=O) groups is 1. The highest BCUT2D eigenvalue weighted by molar-refractivity contribution is 6.05. The van der Waals surface area contributed by atoms with E-state index in [9.17, 15) is 4.79 Å². The molecule has 4 nitrogen and oxygen atoms in total. The standard InChI is InChI=1S/C14H16N2O2/c17-14(16-18-11-5-1-2-6-11)12-7-3-4-10-8-9-15-13(10)12/h3-4,7-9,11,15H,1-2,5-6H2,(H,16,17). The molecule has 0 spiro atoms. The van der Waals surface area contributed by atoms with Gasteiger partial charge >= 0.3 is 0 Å². The van der Waals surface area contributed by atoms with Crippen LogP contribution in [0.3, 0.4) is 0 Å². The van der Waals surface area contributed by atoms with Gasteiger partial charge in [0.2, 0.25) is 0 Å². The molecule has 1 heterocycles. The van der Waals surface area contributed by atoms with Crippen molar-refractivity contribution in [2.24, 2.45) is 0 Å². The molecule has 1 saturated carbocycles. The van der Waals surface area contributed by atoms with Crippen molar-refractivity contribution in [3.8, 4) is 0 Å². The molecule has 2 aromatic rings. The molecule has 1 aliphatic rings. The third kappa shape index (κ3) is 2.11. The molecule has 1 aliphatic carbocycles. The number of para-hydroxylation sites is 1. The summed E-state index contributed by atoms with van der Waals surface area (Å²) in [5.41, 5.74) is 4.04. The number of H-pyrrole nitrogens is 1. The summed E-state index contributed by atoms with van der Waals surface area (Å²) in [7, 11) is 0. The highest BCUT2D eigenvalue weighted by atomic mass is 16.7. The van der Waals surface area contributed by atoms with Crippen LogP contribution in [-0.4, -0.2) is 17.0 Å². The van der Waals surface area contributed by atoms with E-state index in [2.05, 4.69) is 10.5 Å². The second-order valence-corrected chi connectivity index (χ2v) is 4.70. The number of hydrogen-bond acceptors (Lipinski definition) is 2. The number of hydroxylamine groups is 1. The van der Waals surface area contributed by atoms with Crippen molar-refractivity contribution in [1.82, 2.24) is 10.5 Å². The van der Waals surface area contributed by atoms with Crippen LogP contribution in [0, 0.1) is 0 Å². The number of amides is 1. The Kier molecular flexibility index (Phi) is 3.02. The summed E-state index contributed by atoms with van der Waals surface area (Å²) in [6, 6.07) is 7.59. The van der Waals surface area contributed by atoms with Crippen molar-refractivity contribution < 1.29 is 9.63 Å². The molecule has 0 saturated heterocycles. The highest BCUT2D eigenvalue weighted by Crippen LogP contribution is 2.21. The predicted octanol–water partition coefficient (Wildman–Crippen LogP) is 2.77. The summed E-state index contributed by atoms with van der Waals surface area (Å²) < 4.78 is 0. The lowest BCUT2D eigenvalue weighted by Gasteiger charge is -2.11. The van der Waals surface area contributed by atoms with Crippen LogP contribution >= 0.6 is 0 Å². The summed E-state index contributed by atoms with van der Waals surface area (Å²) in [5, 5.41) is 1.03. The summed E-state index contributed by atoms with van der Waals surface area (Å²) in [6.07, 6.45) is 6.45. The number of fused-ring (bicyclic) bond motifs is 1. The van der Waals surface area contributed by atoms with Crippen LogP contribution in [-0.2, 0) is 4.84 Å². The molecule has 2 N–H and O–H groups in total. The van der Waals surface area contributed by atoms with E-state index in [0.29, 0.717) is 5.56 Å². The first-order chi connectivity index (χ1) is 8.84. The van der Waals surface area contributed by atoms with Crippen LogP contribution in [0.25, 0.3) is 10.9 Å². The van der Waals surface area contributed by atoms with Crippen LogP contribution in [0.4, 0.5) is 0 Å². The van der Waals surface area contributed by atoms with E-state index >= 15 is 0 Å². The minimum absolute atomic E-state index is 0.178. The van der Waals surface area contributed by atoms with Gasteiger partial charge in [0, 0.05) is 11.6 Å². The van der Waals surface area contributed by atoms with Gasteiger partial charge in [0.25, 0.3) is 5.91 Å². The molecule has 3 rings (SSSR count). The molecular weight excluding hydrogens is 228 g/mol. The average molecular weight is 244 g/mol. The summed E-state index contributed by atoms with van der Waals surface area (Å²) >= 11 is 0. The number of carbonyl (C=O) groups excluding carboxylic acids is 1. The van der Waals surface area contributed by atoms with Gasteiger partial charge < -0.3 is 4.98 Å². The van der Waals surface area contributed by atoms with E-state index in [1.165, 1.54) is 12.8 Å². The van der Waals surface area contributed by atoms with Crippen molar-refractivity contribution >= 4 is 16.8 Å². The van der Waals surface area contributed by atoms with Gasteiger partial charge in [0.05, 0.1) is 17.2 Å². The fourth-order valence-corrected chi connectivity index (χ4v) is 2.47. The van der Waals surface area contributed by atoms with Crippen molar-refractivity contribution in [3.05, 3.63) is 36.0 Å². The Bertz CT molecular complexity index is 556. The maximum atomic E-state index is 12.1. The molecule has 1 fully saturated rings. The van der Waals surface area contributed by atoms with E-state index in [1.807, 2.05) is 24.4 Å². The Morgan fingerprint density at radius 3 is 2.94 bits per heavy atom. The van der Waals surface area contributed by atoms with Crippen LogP contribution in [0.1, 0.15) is 36.0 Å². The van der Waals surface area contributed by atoms with Crippen molar-refractivity contribution in [1.29, 1.82) is 0 Å². The predicted molar refractivity (Wildman–Crippen MR) is 69.1 cm³/mol. The van der Waals surface area contributed by atoms with Crippen molar-refractivity contribution in [2.45, 2.75) is 31.8 Å². The van der Waals surface area contributed by atoms with E-state index < -0.39 is 0 Å². The third-order valence-corrected chi connectivity index (χ3v) is 3.45. The SMILES string of the molecule is O=C(NOC1CCCC1)c1cccc2cc[nH]c12. The van der Waals surface area contributed by atoms with E-state index in [1.54, 1.807) is 6.07 Å². The fourth-order valence-electron chi connectivity index (χ4n) is 2.47. The lowest BCUT2D eigenvalue weighted by atomic mass is 10.1. The monoisotopic (exact) mass is 244 g/mol. The zero-order valence-corrected chi connectivity index (χ0v) is 10.1. The Morgan fingerprint density at radius 1 is 1.28 bits per heavy atom. The molecule has 0 atom stereocenters. The van der Waals surface area contributed by atoms with Crippen LogP contribution < -0.4 is 5.48 Å². The zero-order chi connectivity index (χ0) is 12.4. The number of hydrogen-bond donors (Lipinski definition) is 2. The number of aromatic amines is 1. The molecule has 18 heavy (non-hydrogen) atoms. The van der Waals surface area contributed by atoms with Crippen LogP contribution in [0.2, 0.25) is 0 Å². The van der Waals surface area contributed by atoms with Gasteiger partial charge in [-0.1, -0.05) is 25.0 Å². The molecule has 0 bridgehead atoms. The zero-order valence-electron chi connectivity index (χ0n) is 10.1. The first kappa shape index (κ1) is 11.3. The Labute approximate surface area is 105 Å². The second-order valence-electron chi connectivity index (χ2n) is 4.70. The van der Waals surface area contributed by atoms with Crippen molar-refractivity contribution in [3.63, 3.8) is 0 Å². The first-order valence-corrected chi connectivity index (χ1v) is 6.37. The van der Waals surface area contributed by atoms with Gasteiger partial charge in [0.15, 0.2) is 0 Å². The minimum atomic E-state index is -0.185. The minimum Gasteiger partial charge on any atom is -0.361 e. The average Bonchev–Trinajstić information content (AvgIpc) is 3.05. The van der Waals surface area contributed by atoms with Gasteiger partial charge in [-0.2, -0.15) is 0 Å². The van der Waals surface area contributed by atoms with E-state index in [0.717, 1.165) is 23.7 Å². The number of rotatable bonds is 3. The molecule has 0 aliphatic heterocycles. The Morgan fingerprint density at radius 2 is 2.11 bits per heavy atom. The van der Waals surface area contributed by atoms with E-state index in [-0.39, 0.29) is 12.0 Å². The summed E-state index contributed by atoms with van der Waals surface area (Å²) in [5.74, 6) is -0.185. The maximum absolute atomic E-state index is 12.1. The van der Waals surface area contributed by atoms with Crippen molar-refractivity contribution in [2.75, 3.05) is 0 Å².